The highest BCUT2D eigenvalue weighted by Gasteiger charge is 2.16. The van der Waals surface area contributed by atoms with Crippen LogP contribution in [-0.2, 0) is 13.0 Å². The summed E-state index contributed by atoms with van der Waals surface area (Å²) in [6.45, 7) is 7.28. The van der Waals surface area contributed by atoms with Crippen molar-refractivity contribution in [3.8, 4) is 0 Å². The highest BCUT2D eigenvalue weighted by Crippen LogP contribution is 2.10. The van der Waals surface area contributed by atoms with E-state index in [-0.39, 0.29) is 0 Å². The Hall–Kier alpha value is -0.940. The molecule has 1 fully saturated rings. The first kappa shape index (κ1) is 14.5. The molecule has 1 aromatic rings. The molecule has 1 saturated heterocycles. The molecule has 0 bridgehead atoms. The lowest BCUT2D eigenvalue weighted by atomic mass is 10.0. The van der Waals surface area contributed by atoms with Crippen molar-refractivity contribution >= 4 is 0 Å². The first-order chi connectivity index (χ1) is 9.13. The minimum Gasteiger partial charge on any atom is -0.339 e. The summed E-state index contributed by atoms with van der Waals surface area (Å²) in [6.07, 6.45) is 4.78. The molecule has 5 nitrogen and oxygen atoms in total. The molecule has 19 heavy (non-hydrogen) atoms. The van der Waals surface area contributed by atoms with Crippen LogP contribution in [0.4, 0.5) is 0 Å². The van der Waals surface area contributed by atoms with E-state index in [4.69, 9.17) is 4.52 Å². The van der Waals surface area contributed by atoms with Crippen molar-refractivity contribution in [3.05, 3.63) is 11.7 Å². The number of rotatable bonds is 6. The van der Waals surface area contributed by atoms with Crippen LogP contribution in [0.25, 0.3) is 0 Å². The van der Waals surface area contributed by atoms with E-state index < -0.39 is 0 Å². The predicted molar refractivity (Wildman–Crippen MR) is 74.8 cm³/mol. The van der Waals surface area contributed by atoms with Gasteiger partial charge in [-0.1, -0.05) is 25.4 Å². The fourth-order valence-electron chi connectivity index (χ4n) is 2.55. The molecule has 1 N–H and O–H groups in total. The molecule has 108 valence electrons. The van der Waals surface area contributed by atoms with Crippen molar-refractivity contribution in [3.63, 3.8) is 0 Å². The van der Waals surface area contributed by atoms with Crippen molar-refractivity contribution in [2.45, 2.75) is 52.1 Å². The molecule has 0 aromatic carbocycles. The van der Waals surface area contributed by atoms with E-state index >= 15 is 0 Å². The largest absolute Gasteiger partial charge is 0.339 e. The highest BCUT2D eigenvalue weighted by atomic mass is 16.5. The van der Waals surface area contributed by atoms with Gasteiger partial charge in [0.25, 0.3) is 0 Å². The van der Waals surface area contributed by atoms with Crippen LogP contribution >= 0.6 is 0 Å². The standard InChI is InChI=1S/C14H26N4O/c1-11(2)8-14-16-13(17-19-14)10-18(3)9-12-6-4-5-7-15-12/h11-12,15H,4-10H2,1-3H3. The molecular weight excluding hydrogens is 240 g/mol. The van der Waals surface area contributed by atoms with E-state index in [9.17, 15) is 0 Å². The molecule has 0 saturated carbocycles. The van der Waals surface area contributed by atoms with Gasteiger partial charge in [-0.15, -0.1) is 0 Å². The van der Waals surface area contributed by atoms with Gasteiger partial charge in [0.15, 0.2) is 5.82 Å². The van der Waals surface area contributed by atoms with Gasteiger partial charge in [-0.05, 0) is 32.4 Å². The molecule has 0 amide bonds. The second kappa shape index (κ2) is 7.01. The number of likely N-dealkylation sites (N-methyl/N-ethyl adjacent to an activating group) is 1. The van der Waals surface area contributed by atoms with Crippen LogP contribution in [0.15, 0.2) is 4.52 Å². The first-order valence-electron chi connectivity index (χ1n) is 7.37. The second-order valence-electron chi connectivity index (χ2n) is 6.05. The Morgan fingerprint density at radius 2 is 2.26 bits per heavy atom. The topological polar surface area (TPSA) is 54.2 Å². The Labute approximate surface area is 115 Å². The lowest BCUT2D eigenvalue weighted by Crippen LogP contribution is -2.42. The minimum atomic E-state index is 0.553. The number of piperidine rings is 1. The van der Waals surface area contributed by atoms with Gasteiger partial charge in [0.2, 0.25) is 5.89 Å². The summed E-state index contributed by atoms with van der Waals surface area (Å²) in [5.74, 6) is 2.11. The van der Waals surface area contributed by atoms with Gasteiger partial charge < -0.3 is 9.84 Å². The maximum atomic E-state index is 5.26. The van der Waals surface area contributed by atoms with Crippen LogP contribution in [0, 0.1) is 5.92 Å². The van der Waals surface area contributed by atoms with Crippen LogP contribution in [-0.4, -0.2) is 41.2 Å². The van der Waals surface area contributed by atoms with Gasteiger partial charge in [-0.2, -0.15) is 4.98 Å². The molecule has 2 heterocycles. The number of nitrogens with one attached hydrogen (secondary N) is 1. The average Bonchev–Trinajstić information content (AvgIpc) is 2.76. The third-order valence-electron chi connectivity index (χ3n) is 3.45. The van der Waals surface area contributed by atoms with Crippen LogP contribution in [0.1, 0.15) is 44.8 Å². The van der Waals surface area contributed by atoms with Crippen LogP contribution in [0.2, 0.25) is 0 Å². The van der Waals surface area contributed by atoms with Gasteiger partial charge >= 0.3 is 0 Å². The number of hydrogen-bond acceptors (Lipinski definition) is 5. The van der Waals surface area contributed by atoms with Crippen LogP contribution in [0.3, 0.4) is 0 Å². The van der Waals surface area contributed by atoms with Crippen LogP contribution in [0.5, 0.6) is 0 Å². The molecule has 1 aliphatic rings. The molecule has 2 rings (SSSR count). The highest BCUT2D eigenvalue weighted by molar-refractivity contribution is 4.87. The Bertz CT molecular complexity index is 371. The molecule has 1 aliphatic heterocycles. The quantitative estimate of drug-likeness (QED) is 0.851. The summed E-state index contributed by atoms with van der Waals surface area (Å²) < 4.78 is 5.26. The zero-order valence-corrected chi connectivity index (χ0v) is 12.4. The zero-order valence-electron chi connectivity index (χ0n) is 12.4. The molecule has 0 radical (unpaired) electrons. The molecular formula is C14H26N4O. The molecule has 1 aromatic heterocycles. The summed E-state index contributed by atoms with van der Waals surface area (Å²) >= 11 is 0. The fourth-order valence-corrected chi connectivity index (χ4v) is 2.55. The van der Waals surface area contributed by atoms with E-state index in [1.165, 1.54) is 19.3 Å². The number of nitrogens with zero attached hydrogens (tertiary/aromatic N) is 3. The van der Waals surface area contributed by atoms with E-state index in [0.717, 1.165) is 37.8 Å². The smallest absolute Gasteiger partial charge is 0.226 e. The third kappa shape index (κ3) is 4.91. The van der Waals surface area contributed by atoms with Crippen molar-refractivity contribution in [1.29, 1.82) is 0 Å². The van der Waals surface area contributed by atoms with E-state index in [2.05, 4.69) is 41.3 Å². The minimum absolute atomic E-state index is 0.553. The van der Waals surface area contributed by atoms with Crippen molar-refractivity contribution < 1.29 is 4.52 Å². The van der Waals surface area contributed by atoms with Gasteiger partial charge in [-0.25, -0.2) is 0 Å². The van der Waals surface area contributed by atoms with Gasteiger partial charge in [-0.3, -0.25) is 4.90 Å². The molecule has 1 unspecified atom stereocenters. The van der Waals surface area contributed by atoms with Crippen molar-refractivity contribution in [2.24, 2.45) is 5.92 Å². The molecule has 5 heteroatoms. The Kier molecular flexibility index (Phi) is 5.34. The Morgan fingerprint density at radius 1 is 1.42 bits per heavy atom. The zero-order chi connectivity index (χ0) is 13.7. The number of aromatic nitrogens is 2. The molecule has 1 atom stereocenters. The number of hydrogen-bond donors (Lipinski definition) is 1. The summed E-state index contributed by atoms with van der Waals surface area (Å²) in [6, 6.07) is 0.612. The van der Waals surface area contributed by atoms with Crippen molar-refractivity contribution in [1.82, 2.24) is 20.4 Å². The molecule has 0 spiro atoms. The summed E-state index contributed by atoms with van der Waals surface area (Å²) in [5, 5.41) is 7.62. The first-order valence-corrected chi connectivity index (χ1v) is 7.37. The van der Waals surface area contributed by atoms with Crippen molar-refractivity contribution in [2.75, 3.05) is 20.1 Å². The maximum Gasteiger partial charge on any atom is 0.226 e. The van der Waals surface area contributed by atoms with Gasteiger partial charge in [0, 0.05) is 19.0 Å². The normalized spacial score (nSPS) is 20.4. The Morgan fingerprint density at radius 3 is 2.95 bits per heavy atom. The lowest BCUT2D eigenvalue weighted by molar-refractivity contribution is 0.248. The maximum absolute atomic E-state index is 5.26. The Balaban J connectivity index is 1.77. The summed E-state index contributed by atoms with van der Waals surface area (Å²) in [4.78, 5) is 6.71. The van der Waals surface area contributed by atoms with E-state index in [1.807, 2.05) is 0 Å². The van der Waals surface area contributed by atoms with Crippen LogP contribution < -0.4 is 5.32 Å². The fraction of sp³-hybridized carbons (Fsp3) is 0.857. The van der Waals surface area contributed by atoms with Gasteiger partial charge in [0.05, 0.1) is 6.54 Å². The summed E-state index contributed by atoms with van der Waals surface area (Å²) in [7, 11) is 2.12. The van der Waals surface area contributed by atoms with E-state index in [1.54, 1.807) is 0 Å². The monoisotopic (exact) mass is 266 g/mol. The van der Waals surface area contributed by atoms with Gasteiger partial charge in [0.1, 0.15) is 0 Å². The average molecular weight is 266 g/mol. The summed E-state index contributed by atoms with van der Waals surface area (Å²) in [5.41, 5.74) is 0. The SMILES string of the molecule is CC(C)Cc1nc(CN(C)CC2CCCCN2)no1. The predicted octanol–water partition coefficient (Wildman–Crippen LogP) is 1.84. The molecule has 0 aliphatic carbocycles. The van der Waals surface area contributed by atoms with E-state index in [0.29, 0.717) is 12.0 Å². The third-order valence-corrected chi connectivity index (χ3v) is 3.45. The lowest BCUT2D eigenvalue weighted by Gasteiger charge is -2.27. The second-order valence-corrected chi connectivity index (χ2v) is 6.05.